The molecule has 3 heteroatoms. The molecule has 100 valence electrons. The third-order valence-electron chi connectivity index (χ3n) is 3.30. The first kappa shape index (κ1) is 14.6. The van der Waals surface area contributed by atoms with Crippen LogP contribution in [0.2, 0.25) is 5.02 Å². The van der Waals surface area contributed by atoms with Crippen LogP contribution in [0.25, 0.3) is 0 Å². The largest absolute Gasteiger partial charge is 0.309 e. The van der Waals surface area contributed by atoms with E-state index in [4.69, 9.17) is 11.6 Å². The van der Waals surface area contributed by atoms with Crippen molar-refractivity contribution in [1.82, 2.24) is 5.32 Å². The van der Waals surface area contributed by atoms with Crippen molar-refractivity contribution >= 4 is 27.5 Å². The number of benzene rings is 2. The molecular formula is C16H17BrClN. The Labute approximate surface area is 128 Å². The summed E-state index contributed by atoms with van der Waals surface area (Å²) in [5, 5.41) is 4.11. The molecule has 0 spiro atoms. The van der Waals surface area contributed by atoms with Gasteiger partial charge >= 0.3 is 0 Å². The molecule has 0 heterocycles. The van der Waals surface area contributed by atoms with Crippen LogP contribution in [0.4, 0.5) is 0 Å². The maximum Gasteiger partial charge on any atom is 0.0577 e. The number of hydrogen-bond donors (Lipinski definition) is 1. The van der Waals surface area contributed by atoms with Gasteiger partial charge in [0, 0.05) is 4.47 Å². The standard InChI is InChI=1S/C16H17BrClN/c1-10-4-6-13(11(2)8-10)16(19-3)12-5-7-14(17)15(18)9-12/h4-9,16,19H,1-3H3. The van der Waals surface area contributed by atoms with Crippen LogP contribution in [0.5, 0.6) is 0 Å². The van der Waals surface area contributed by atoms with Crippen LogP contribution in [0, 0.1) is 13.8 Å². The first-order chi connectivity index (χ1) is 9.02. The highest BCUT2D eigenvalue weighted by Gasteiger charge is 2.15. The van der Waals surface area contributed by atoms with E-state index >= 15 is 0 Å². The van der Waals surface area contributed by atoms with Crippen molar-refractivity contribution in [1.29, 1.82) is 0 Å². The average Bonchev–Trinajstić information content (AvgIpc) is 2.37. The molecule has 0 radical (unpaired) electrons. The molecule has 1 atom stereocenters. The Kier molecular flexibility index (Phi) is 4.67. The summed E-state index contributed by atoms with van der Waals surface area (Å²) in [5.41, 5.74) is 5.03. The zero-order chi connectivity index (χ0) is 14.0. The Morgan fingerprint density at radius 3 is 2.42 bits per heavy atom. The van der Waals surface area contributed by atoms with Crippen LogP contribution < -0.4 is 5.32 Å². The van der Waals surface area contributed by atoms with Crippen molar-refractivity contribution in [2.24, 2.45) is 0 Å². The third kappa shape index (κ3) is 3.19. The first-order valence-electron chi connectivity index (χ1n) is 6.22. The molecule has 0 saturated carbocycles. The summed E-state index contributed by atoms with van der Waals surface area (Å²) >= 11 is 9.62. The Morgan fingerprint density at radius 1 is 1.11 bits per heavy atom. The van der Waals surface area contributed by atoms with Crippen LogP contribution in [0.15, 0.2) is 40.9 Å². The van der Waals surface area contributed by atoms with Crippen molar-refractivity contribution in [3.63, 3.8) is 0 Å². The van der Waals surface area contributed by atoms with Gasteiger partial charge in [-0.25, -0.2) is 0 Å². The molecule has 1 nitrogen and oxygen atoms in total. The van der Waals surface area contributed by atoms with Crippen LogP contribution in [-0.4, -0.2) is 7.05 Å². The molecule has 19 heavy (non-hydrogen) atoms. The number of hydrogen-bond acceptors (Lipinski definition) is 1. The molecule has 0 saturated heterocycles. The maximum absolute atomic E-state index is 6.19. The molecule has 1 N–H and O–H groups in total. The quantitative estimate of drug-likeness (QED) is 0.828. The summed E-state index contributed by atoms with van der Waals surface area (Å²) in [6.45, 7) is 4.26. The summed E-state index contributed by atoms with van der Waals surface area (Å²) in [6.07, 6.45) is 0. The highest BCUT2D eigenvalue weighted by Crippen LogP contribution is 2.30. The summed E-state index contributed by atoms with van der Waals surface area (Å²) < 4.78 is 0.924. The molecule has 0 fully saturated rings. The second kappa shape index (κ2) is 6.08. The van der Waals surface area contributed by atoms with Gasteiger partial charge in [0.2, 0.25) is 0 Å². The summed E-state index contributed by atoms with van der Waals surface area (Å²) in [7, 11) is 1.97. The van der Waals surface area contributed by atoms with Gasteiger partial charge < -0.3 is 5.32 Å². The minimum Gasteiger partial charge on any atom is -0.309 e. The van der Waals surface area contributed by atoms with Crippen molar-refractivity contribution < 1.29 is 0 Å². The smallest absolute Gasteiger partial charge is 0.0577 e. The predicted octanol–water partition coefficient (Wildman–Crippen LogP) is 5.03. The fourth-order valence-corrected chi connectivity index (χ4v) is 2.78. The summed E-state index contributed by atoms with van der Waals surface area (Å²) in [5.74, 6) is 0. The molecule has 0 amide bonds. The Morgan fingerprint density at radius 2 is 1.84 bits per heavy atom. The Balaban J connectivity index is 2.46. The van der Waals surface area contributed by atoms with Crippen molar-refractivity contribution in [2.45, 2.75) is 19.9 Å². The molecular weight excluding hydrogens is 322 g/mol. The van der Waals surface area contributed by atoms with Crippen molar-refractivity contribution in [3.8, 4) is 0 Å². The van der Waals surface area contributed by atoms with Crippen molar-refractivity contribution in [3.05, 3.63) is 68.1 Å². The average molecular weight is 339 g/mol. The lowest BCUT2D eigenvalue weighted by atomic mass is 9.94. The van der Waals surface area contributed by atoms with E-state index in [9.17, 15) is 0 Å². The van der Waals surface area contributed by atoms with Gasteiger partial charge in [-0.1, -0.05) is 41.4 Å². The number of rotatable bonds is 3. The van der Waals surface area contributed by atoms with Gasteiger partial charge in [0.05, 0.1) is 11.1 Å². The lowest BCUT2D eigenvalue weighted by Crippen LogP contribution is -2.18. The van der Waals surface area contributed by atoms with E-state index in [0.29, 0.717) is 0 Å². The zero-order valence-electron chi connectivity index (χ0n) is 11.3. The van der Waals surface area contributed by atoms with E-state index in [0.717, 1.165) is 9.50 Å². The maximum atomic E-state index is 6.19. The predicted molar refractivity (Wildman–Crippen MR) is 86.0 cm³/mol. The molecule has 0 aliphatic heterocycles. The van der Waals surface area contributed by atoms with Crippen LogP contribution >= 0.6 is 27.5 Å². The van der Waals surface area contributed by atoms with E-state index in [2.05, 4.69) is 59.4 Å². The van der Waals surface area contributed by atoms with E-state index < -0.39 is 0 Å². The third-order valence-corrected chi connectivity index (χ3v) is 4.53. The monoisotopic (exact) mass is 337 g/mol. The number of nitrogens with one attached hydrogen (secondary N) is 1. The number of aryl methyl sites for hydroxylation is 2. The second-order valence-corrected chi connectivity index (χ2v) is 6.02. The van der Waals surface area contributed by atoms with E-state index in [1.54, 1.807) is 0 Å². The van der Waals surface area contributed by atoms with E-state index in [-0.39, 0.29) is 6.04 Å². The van der Waals surface area contributed by atoms with Gasteiger partial charge in [0.25, 0.3) is 0 Å². The van der Waals surface area contributed by atoms with Crippen molar-refractivity contribution in [2.75, 3.05) is 7.05 Å². The normalized spacial score (nSPS) is 12.5. The Hall–Kier alpha value is -0.830. The topological polar surface area (TPSA) is 12.0 Å². The fourth-order valence-electron chi connectivity index (χ4n) is 2.34. The van der Waals surface area contributed by atoms with Crippen LogP contribution in [-0.2, 0) is 0 Å². The van der Waals surface area contributed by atoms with Gasteiger partial charge in [-0.05, 0) is 65.6 Å². The molecule has 1 unspecified atom stereocenters. The van der Waals surface area contributed by atoms with Gasteiger partial charge in [0.1, 0.15) is 0 Å². The van der Waals surface area contributed by atoms with E-state index in [1.165, 1.54) is 22.3 Å². The minimum absolute atomic E-state index is 0.159. The second-order valence-electron chi connectivity index (χ2n) is 4.76. The summed E-state index contributed by atoms with van der Waals surface area (Å²) in [4.78, 5) is 0. The Bertz CT molecular complexity index is 595. The lowest BCUT2D eigenvalue weighted by Gasteiger charge is -2.20. The molecule has 0 aromatic heterocycles. The van der Waals surface area contributed by atoms with Crippen LogP contribution in [0.1, 0.15) is 28.3 Å². The zero-order valence-corrected chi connectivity index (χ0v) is 13.6. The van der Waals surface area contributed by atoms with Crippen LogP contribution in [0.3, 0.4) is 0 Å². The SMILES string of the molecule is CNC(c1ccc(Br)c(Cl)c1)c1ccc(C)cc1C. The minimum atomic E-state index is 0.159. The van der Waals surface area contributed by atoms with Gasteiger partial charge in [-0.3, -0.25) is 0 Å². The molecule has 2 aromatic rings. The fraction of sp³-hybridized carbons (Fsp3) is 0.250. The molecule has 2 rings (SSSR count). The molecule has 0 aliphatic carbocycles. The molecule has 0 bridgehead atoms. The van der Waals surface area contributed by atoms with E-state index in [1.807, 2.05) is 19.2 Å². The lowest BCUT2D eigenvalue weighted by molar-refractivity contribution is 0.687. The first-order valence-corrected chi connectivity index (χ1v) is 7.39. The van der Waals surface area contributed by atoms with Gasteiger partial charge in [-0.15, -0.1) is 0 Å². The molecule has 0 aliphatic rings. The highest BCUT2D eigenvalue weighted by molar-refractivity contribution is 9.10. The summed E-state index contributed by atoms with van der Waals surface area (Å²) in [6, 6.07) is 12.8. The van der Waals surface area contributed by atoms with Gasteiger partial charge in [0.15, 0.2) is 0 Å². The van der Waals surface area contributed by atoms with Gasteiger partial charge in [-0.2, -0.15) is 0 Å². The highest BCUT2D eigenvalue weighted by atomic mass is 79.9. The molecule has 2 aromatic carbocycles. The number of halogens is 2.